The molecule has 118 valence electrons. The fourth-order valence-electron chi connectivity index (χ4n) is 2.83. The molecule has 0 amide bonds. The number of anilines is 1. The van der Waals surface area contributed by atoms with Crippen LogP contribution in [0.25, 0.3) is 10.4 Å². The molecule has 6 heteroatoms. The summed E-state index contributed by atoms with van der Waals surface area (Å²) >= 11 is 1.63. The molecule has 1 fully saturated rings. The van der Waals surface area contributed by atoms with E-state index in [1.807, 2.05) is 31.3 Å². The highest BCUT2D eigenvalue weighted by atomic mass is 32.2. The topological polar surface area (TPSA) is 50.3 Å². The zero-order chi connectivity index (χ0) is 15.7. The number of sulfone groups is 1. The van der Waals surface area contributed by atoms with Crippen molar-refractivity contribution in [3.8, 4) is 10.4 Å². The molecule has 0 spiro atoms. The van der Waals surface area contributed by atoms with Crippen LogP contribution in [0, 0.1) is 0 Å². The largest absolute Gasteiger partial charge is 0.345 e. The van der Waals surface area contributed by atoms with E-state index in [1.54, 1.807) is 18.3 Å². The fourth-order valence-corrected chi connectivity index (χ4v) is 5.67. The minimum atomic E-state index is -3.00. The summed E-state index contributed by atoms with van der Waals surface area (Å²) in [5.74, 6) is 0. The number of benzene rings is 1. The summed E-state index contributed by atoms with van der Waals surface area (Å²) in [6, 6.07) is 10.1. The highest BCUT2D eigenvalue weighted by molar-refractivity contribution is 7.92. The number of thiazole rings is 1. The molecule has 0 bridgehead atoms. The second-order valence-electron chi connectivity index (χ2n) is 5.71. The summed E-state index contributed by atoms with van der Waals surface area (Å²) < 4.78 is 24.6. The normalized spacial score (nSPS) is 24.4. The monoisotopic (exact) mass is 336 g/mol. The molecule has 0 radical (unpaired) electrons. The molecule has 2 unspecified atom stereocenters. The van der Waals surface area contributed by atoms with E-state index in [-0.39, 0.29) is 10.5 Å². The standard InChI is InChI=1S/C16H20N2O2S2/c1-3-14-11-18(10-12(2)22(14,19)20)16-17-9-15(21-16)13-7-5-4-6-8-13/h4-9,12,14H,3,10-11H2,1-2H3. The van der Waals surface area contributed by atoms with Crippen molar-refractivity contribution >= 4 is 26.3 Å². The maximum atomic E-state index is 12.3. The molecule has 2 aromatic rings. The third kappa shape index (κ3) is 2.77. The molecular weight excluding hydrogens is 316 g/mol. The Morgan fingerprint density at radius 3 is 2.68 bits per heavy atom. The third-order valence-electron chi connectivity index (χ3n) is 4.20. The smallest absolute Gasteiger partial charge is 0.185 e. The van der Waals surface area contributed by atoms with E-state index >= 15 is 0 Å². The van der Waals surface area contributed by atoms with Crippen molar-refractivity contribution in [3.63, 3.8) is 0 Å². The Kier molecular flexibility index (Phi) is 4.23. The minimum absolute atomic E-state index is 0.291. The molecule has 1 saturated heterocycles. The van der Waals surface area contributed by atoms with Gasteiger partial charge in [0, 0.05) is 19.3 Å². The van der Waals surface area contributed by atoms with Gasteiger partial charge in [0.25, 0.3) is 0 Å². The van der Waals surface area contributed by atoms with Crippen LogP contribution >= 0.6 is 11.3 Å². The van der Waals surface area contributed by atoms with Crippen LogP contribution in [0.3, 0.4) is 0 Å². The molecule has 0 saturated carbocycles. The highest BCUT2D eigenvalue weighted by Crippen LogP contribution is 2.33. The lowest BCUT2D eigenvalue weighted by atomic mass is 10.2. The molecule has 4 nitrogen and oxygen atoms in total. The molecule has 1 aromatic carbocycles. The van der Waals surface area contributed by atoms with Crippen molar-refractivity contribution in [2.45, 2.75) is 30.8 Å². The van der Waals surface area contributed by atoms with Crippen LogP contribution in [0.2, 0.25) is 0 Å². The van der Waals surface area contributed by atoms with Crippen molar-refractivity contribution in [1.29, 1.82) is 0 Å². The van der Waals surface area contributed by atoms with Gasteiger partial charge in [0.15, 0.2) is 15.0 Å². The third-order valence-corrected chi connectivity index (χ3v) is 7.99. The molecule has 2 heterocycles. The Bertz CT molecular complexity index is 741. The average molecular weight is 336 g/mol. The van der Waals surface area contributed by atoms with Crippen LogP contribution in [0.1, 0.15) is 20.3 Å². The fraction of sp³-hybridized carbons (Fsp3) is 0.438. The molecule has 0 aliphatic carbocycles. The lowest BCUT2D eigenvalue weighted by molar-refractivity contribution is 0.538. The predicted molar refractivity (Wildman–Crippen MR) is 92.2 cm³/mol. The van der Waals surface area contributed by atoms with Gasteiger partial charge in [-0.2, -0.15) is 0 Å². The Morgan fingerprint density at radius 2 is 2.00 bits per heavy atom. The molecule has 2 atom stereocenters. The van der Waals surface area contributed by atoms with Gasteiger partial charge in [0.2, 0.25) is 0 Å². The van der Waals surface area contributed by atoms with Crippen LogP contribution in [-0.2, 0) is 9.84 Å². The van der Waals surface area contributed by atoms with E-state index in [4.69, 9.17) is 0 Å². The minimum Gasteiger partial charge on any atom is -0.345 e. The number of nitrogens with zero attached hydrogens (tertiary/aromatic N) is 2. The zero-order valence-electron chi connectivity index (χ0n) is 12.8. The van der Waals surface area contributed by atoms with Crippen LogP contribution in [0.15, 0.2) is 36.5 Å². The van der Waals surface area contributed by atoms with Crippen molar-refractivity contribution in [2.24, 2.45) is 0 Å². The number of aromatic nitrogens is 1. The average Bonchev–Trinajstić information content (AvgIpc) is 3.00. The van der Waals surface area contributed by atoms with E-state index in [0.717, 1.165) is 15.6 Å². The predicted octanol–water partition coefficient (Wildman–Crippen LogP) is 3.21. The summed E-state index contributed by atoms with van der Waals surface area (Å²) in [7, 11) is -3.00. The SMILES string of the molecule is CCC1CN(c2ncc(-c3ccccc3)s2)CC(C)S1(=O)=O. The molecule has 3 rings (SSSR count). The lowest BCUT2D eigenvalue weighted by Crippen LogP contribution is -2.51. The summed E-state index contributed by atoms with van der Waals surface area (Å²) in [6.45, 7) is 4.82. The van der Waals surface area contributed by atoms with Crippen LogP contribution in [0.5, 0.6) is 0 Å². The van der Waals surface area contributed by atoms with Crippen LogP contribution < -0.4 is 4.90 Å². The summed E-state index contributed by atoms with van der Waals surface area (Å²) in [5, 5.41) is 0.287. The number of hydrogen-bond donors (Lipinski definition) is 0. The van der Waals surface area contributed by atoms with Gasteiger partial charge >= 0.3 is 0 Å². The van der Waals surface area contributed by atoms with Gasteiger partial charge in [-0.1, -0.05) is 48.6 Å². The molecule has 1 aliphatic rings. The number of rotatable bonds is 3. The quantitative estimate of drug-likeness (QED) is 0.863. The molecule has 1 aliphatic heterocycles. The first-order valence-corrected chi connectivity index (χ1v) is 9.94. The Balaban J connectivity index is 1.85. The van der Waals surface area contributed by atoms with Gasteiger partial charge in [-0.25, -0.2) is 13.4 Å². The van der Waals surface area contributed by atoms with E-state index < -0.39 is 9.84 Å². The van der Waals surface area contributed by atoms with Crippen LogP contribution in [-0.4, -0.2) is 37.0 Å². The van der Waals surface area contributed by atoms with Crippen molar-refractivity contribution in [1.82, 2.24) is 4.98 Å². The Labute approximate surface area is 135 Å². The van der Waals surface area contributed by atoms with Gasteiger partial charge in [-0.15, -0.1) is 0 Å². The van der Waals surface area contributed by atoms with Crippen LogP contribution in [0.4, 0.5) is 5.13 Å². The maximum absolute atomic E-state index is 12.3. The van der Waals surface area contributed by atoms with E-state index in [2.05, 4.69) is 22.0 Å². The summed E-state index contributed by atoms with van der Waals surface area (Å²) in [4.78, 5) is 7.75. The first-order chi connectivity index (χ1) is 10.5. The van der Waals surface area contributed by atoms with E-state index in [0.29, 0.717) is 19.5 Å². The molecular formula is C16H20N2O2S2. The van der Waals surface area contributed by atoms with Gasteiger partial charge in [0.1, 0.15) is 0 Å². The molecule has 0 N–H and O–H groups in total. The van der Waals surface area contributed by atoms with Gasteiger partial charge in [-0.05, 0) is 18.9 Å². The first kappa shape index (κ1) is 15.5. The summed E-state index contributed by atoms with van der Waals surface area (Å²) in [6.07, 6.45) is 2.53. The Morgan fingerprint density at radius 1 is 1.27 bits per heavy atom. The van der Waals surface area contributed by atoms with Crippen molar-refractivity contribution < 1.29 is 8.42 Å². The van der Waals surface area contributed by atoms with Crippen molar-refractivity contribution in [3.05, 3.63) is 36.5 Å². The zero-order valence-corrected chi connectivity index (χ0v) is 14.4. The Hall–Kier alpha value is -1.40. The van der Waals surface area contributed by atoms with E-state index in [9.17, 15) is 8.42 Å². The van der Waals surface area contributed by atoms with Gasteiger partial charge < -0.3 is 4.90 Å². The second kappa shape index (κ2) is 6.01. The van der Waals surface area contributed by atoms with Gasteiger partial charge in [0.05, 0.1) is 15.4 Å². The maximum Gasteiger partial charge on any atom is 0.185 e. The highest BCUT2D eigenvalue weighted by Gasteiger charge is 2.38. The second-order valence-corrected chi connectivity index (χ2v) is 9.37. The first-order valence-electron chi connectivity index (χ1n) is 7.51. The molecule has 22 heavy (non-hydrogen) atoms. The summed E-state index contributed by atoms with van der Waals surface area (Å²) in [5.41, 5.74) is 1.15. The number of hydrogen-bond acceptors (Lipinski definition) is 5. The molecule has 1 aromatic heterocycles. The van der Waals surface area contributed by atoms with E-state index in [1.165, 1.54) is 0 Å². The van der Waals surface area contributed by atoms with Gasteiger partial charge in [-0.3, -0.25) is 0 Å². The van der Waals surface area contributed by atoms with Crippen molar-refractivity contribution in [2.75, 3.05) is 18.0 Å². The lowest BCUT2D eigenvalue weighted by Gasteiger charge is -2.35.